The number of sulfone groups is 1. The van der Waals surface area contributed by atoms with E-state index in [1.807, 2.05) is 13.1 Å². The highest BCUT2D eigenvalue weighted by atomic mass is 32.2. The summed E-state index contributed by atoms with van der Waals surface area (Å²) in [5, 5.41) is 6.99. The Morgan fingerprint density at radius 1 is 1.48 bits per heavy atom. The lowest BCUT2D eigenvalue weighted by molar-refractivity contribution is 0.185. The molecule has 2 heterocycles. The van der Waals surface area contributed by atoms with E-state index in [-0.39, 0.29) is 23.6 Å². The molecule has 0 aromatic carbocycles. The zero-order valence-electron chi connectivity index (χ0n) is 12.4. The van der Waals surface area contributed by atoms with Crippen LogP contribution in [0.1, 0.15) is 25.3 Å². The number of nitrogens with one attached hydrogen (secondary N) is 1. The van der Waals surface area contributed by atoms with Crippen molar-refractivity contribution in [2.24, 2.45) is 0 Å². The SMILES string of the molecule is CCn1cc(CNC(=O)N(C)C2CCS(=O)(=O)CC2)cn1. The summed E-state index contributed by atoms with van der Waals surface area (Å²) in [7, 11) is -1.18. The van der Waals surface area contributed by atoms with Crippen LogP contribution in [0.4, 0.5) is 4.79 Å². The average Bonchev–Trinajstić information content (AvgIpc) is 2.92. The van der Waals surface area contributed by atoms with Gasteiger partial charge in [0.15, 0.2) is 0 Å². The molecule has 0 bridgehead atoms. The molecule has 2 rings (SSSR count). The molecule has 7 nitrogen and oxygen atoms in total. The minimum Gasteiger partial charge on any atom is -0.334 e. The van der Waals surface area contributed by atoms with Crippen molar-refractivity contribution in [3.05, 3.63) is 18.0 Å². The predicted molar refractivity (Wildman–Crippen MR) is 79.6 cm³/mol. The summed E-state index contributed by atoms with van der Waals surface area (Å²) in [6.45, 7) is 3.22. The average molecular weight is 314 g/mol. The summed E-state index contributed by atoms with van der Waals surface area (Å²) >= 11 is 0. The zero-order valence-corrected chi connectivity index (χ0v) is 13.3. The van der Waals surface area contributed by atoms with E-state index in [2.05, 4.69) is 10.4 Å². The molecule has 21 heavy (non-hydrogen) atoms. The lowest BCUT2D eigenvalue weighted by Crippen LogP contribution is -2.46. The van der Waals surface area contributed by atoms with Gasteiger partial charge in [0.25, 0.3) is 0 Å². The summed E-state index contributed by atoms with van der Waals surface area (Å²) in [5.41, 5.74) is 0.949. The van der Waals surface area contributed by atoms with Crippen molar-refractivity contribution >= 4 is 15.9 Å². The number of carbonyl (C=O) groups is 1. The number of urea groups is 1. The van der Waals surface area contributed by atoms with Crippen LogP contribution in [0.3, 0.4) is 0 Å². The Hall–Kier alpha value is -1.57. The van der Waals surface area contributed by atoms with Gasteiger partial charge in [-0.3, -0.25) is 4.68 Å². The number of hydrogen-bond donors (Lipinski definition) is 1. The van der Waals surface area contributed by atoms with E-state index in [9.17, 15) is 13.2 Å². The van der Waals surface area contributed by atoms with Gasteiger partial charge < -0.3 is 10.2 Å². The van der Waals surface area contributed by atoms with Crippen LogP contribution in [-0.2, 0) is 22.9 Å². The summed E-state index contributed by atoms with van der Waals surface area (Å²) in [6.07, 6.45) is 4.66. The van der Waals surface area contributed by atoms with Crippen molar-refractivity contribution < 1.29 is 13.2 Å². The molecule has 0 saturated carbocycles. The van der Waals surface area contributed by atoms with Gasteiger partial charge in [-0.1, -0.05) is 0 Å². The quantitative estimate of drug-likeness (QED) is 0.883. The van der Waals surface area contributed by atoms with E-state index in [0.29, 0.717) is 19.4 Å². The number of aryl methyl sites for hydroxylation is 1. The normalized spacial score (nSPS) is 18.4. The first kappa shape index (κ1) is 15.8. The molecule has 0 spiro atoms. The molecular weight excluding hydrogens is 292 g/mol. The molecule has 118 valence electrons. The number of rotatable bonds is 4. The fourth-order valence-electron chi connectivity index (χ4n) is 2.40. The fourth-order valence-corrected chi connectivity index (χ4v) is 3.87. The maximum Gasteiger partial charge on any atom is 0.317 e. The third-order valence-corrected chi connectivity index (χ3v) is 5.56. The van der Waals surface area contributed by atoms with E-state index in [1.54, 1.807) is 22.8 Å². The van der Waals surface area contributed by atoms with E-state index in [4.69, 9.17) is 0 Å². The molecule has 1 N–H and O–H groups in total. The molecular formula is C13H22N4O3S. The highest BCUT2D eigenvalue weighted by Crippen LogP contribution is 2.17. The van der Waals surface area contributed by atoms with Crippen molar-refractivity contribution in [3.8, 4) is 0 Å². The van der Waals surface area contributed by atoms with Crippen molar-refractivity contribution in [1.82, 2.24) is 20.0 Å². The van der Waals surface area contributed by atoms with Crippen LogP contribution in [0.2, 0.25) is 0 Å². The van der Waals surface area contributed by atoms with Crippen molar-refractivity contribution in [1.29, 1.82) is 0 Å². The summed E-state index contributed by atoms with van der Waals surface area (Å²) < 4.78 is 24.6. The Bertz CT molecular complexity index is 582. The molecule has 1 aromatic heterocycles. The standard InChI is InChI=1S/C13H22N4O3S/c1-3-17-10-11(9-15-17)8-14-13(18)16(2)12-4-6-21(19,20)7-5-12/h9-10,12H,3-8H2,1-2H3,(H,14,18). The van der Waals surface area contributed by atoms with Gasteiger partial charge in [-0.2, -0.15) is 5.10 Å². The lowest BCUT2D eigenvalue weighted by Gasteiger charge is -2.31. The second-order valence-electron chi connectivity index (χ2n) is 5.36. The Kier molecular flexibility index (Phi) is 4.87. The number of carbonyl (C=O) groups excluding carboxylic acids is 1. The Balaban J connectivity index is 1.82. The molecule has 2 amide bonds. The molecule has 1 aliphatic heterocycles. The minimum absolute atomic E-state index is 0.00751. The van der Waals surface area contributed by atoms with Gasteiger partial charge in [-0.15, -0.1) is 0 Å². The van der Waals surface area contributed by atoms with E-state index < -0.39 is 9.84 Å². The van der Waals surface area contributed by atoms with Gasteiger partial charge in [-0.25, -0.2) is 13.2 Å². The molecule has 1 aromatic rings. The molecule has 1 fully saturated rings. The van der Waals surface area contributed by atoms with Crippen LogP contribution < -0.4 is 5.32 Å². The fraction of sp³-hybridized carbons (Fsp3) is 0.692. The van der Waals surface area contributed by atoms with Gasteiger partial charge in [0.1, 0.15) is 9.84 Å². The second kappa shape index (κ2) is 6.46. The van der Waals surface area contributed by atoms with E-state index in [1.165, 1.54) is 0 Å². The van der Waals surface area contributed by atoms with Gasteiger partial charge in [0, 0.05) is 37.9 Å². The highest BCUT2D eigenvalue weighted by Gasteiger charge is 2.28. The summed E-state index contributed by atoms with van der Waals surface area (Å²) in [6, 6.07) is -0.185. The van der Waals surface area contributed by atoms with Crippen molar-refractivity contribution in [2.45, 2.75) is 38.9 Å². The van der Waals surface area contributed by atoms with Crippen LogP contribution in [-0.4, -0.2) is 53.7 Å². The molecule has 1 saturated heterocycles. The smallest absolute Gasteiger partial charge is 0.317 e. The maximum atomic E-state index is 12.1. The number of aromatic nitrogens is 2. The largest absolute Gasteiger partial charge is 0.334 e. The van der Waals surface area contributed by atoms with Gasteiger partial charge in [0.05, 0.1) is 17.7 Å². The molecule has 0 unspecified atom stereocenters. The van der Waals surface area contributed by atoms with Crippen molar-refractivity contribution in [3.63, 3.8) is 0 Å². The van der Waals surface area contributed by atoms with Crippen LogP contribution in [0, 0.1) is 0 Å². The first-order valence-electron chi connectivity index (χ1n) is 7.13. The molecule has 1 aliphatic rings. The Morgan fingerprint density at radius 2 is 2.14 bits per heavy atom. The number of amides is 2. The van der Waals surface area contributed by atoms with Gasteiger partial charge >= 0.3 is 6.03 Å². The molecule has 8 heteroatoms. The van der Waals surface area contributed by atoms with Crippen LogP contribution in [0.15, 0.2) is 12.4 Å². The van der Waals surface area contributed by atoms with Crippen LogP contribution >= 0.6 is 0 Å². The third-order valence-electron chi connectivity index (χ3n) is 3.85. The van der Waals surface area contributed by atoms with Crippen LogP contribution in [0.5, 0.6) is 0 Å². The van der Waals surface area contributed by atoms with Gasteiger partial charge in [0.2, 0.25) is 0 Å². The Morgan fingerprint density at radius 3 is 2.71 bits per heavy atom. The molecule has 0 aliphatic carbocycles. The predicted octanol–water partition coefficient (Wildman–Crippen LogP) is 0.622. The molecule has 0 radical (unpaired) electrons. The van der Waals surface area contributed by atoms with Crippen LogP contribution in [0.25, 0.3) is 0 Å². The zero-order chi connectivity index (χ0) is 15.5. The Labute approximate surface area is 125 Å². The summed E-state index contributed by atoms with van der Waals surface area (Å²) in [4.78, 5) is 13.7. The third kappa shape index (κ3) is 4.20. The first-order valence-corrected chi connectivity index (χ1v) is 8.96. The second-order valence-corrected chi connectivity index (χ2v) is 7.66. The van der Waals surface area contributed by atoms with E-state index >= 15 is 0 Å². The molecule has 0 atom stereocenters. The highest BCUT2D eigenvalue weighted by molar-refractivity contribution is 7.91. The van der Waals surface area contributed by atoms with E-state index in [0.717, 1.165) is 12.1 Å². The maximum absolute atomic E-state index is 12.1. The summed E-state index contributed by atoms with van der Waals surface area (Å²) in [5.74, 6) is 0.330. The monoisotopic (exact) mass is 314 g/mol. The minimum atomic E-state index is -2.90. The van der Waals surface area contributed by atoms with Crippen molar-refractivity contribution in [2.75, 3.05) is 18.6 Å². The number of hydrogen-bond acceptors (Lipinski definition) is 4. The number of nitrogens with zero attached hydrogens (tertiary/aromatic N) is 3. The van der Waals surface area contributed by atoms with Gasteiger partial charge in [-0.05, 0) is 19.8 Å². The lowest BCUT2D eigenvalue weighted by atomic mass is 10.1. The topological polar surface area (TPSA) is 84.3 Å². The first-order chi connectivity index (χ1) is 9.91.